The van der Waals surface area contributed by atoms with E-state index in [0.717, 1.165) is 48.3 Å². The van der Waals surface area contributed by atoms with Crippen LogP contribution in [0.2, 0.25) is 0 Å². The van der Waals surface area contributed by atoms with Crippen molar-refractivity contribution in [3.8, 4) is 5.88 Å². The highest BCUT2D eigenvalue weighted by atomic mass is 16.5. The summed E-state index contributed by atoms with van der Waals surface area (Å²) in [5, 5.41) is 9.56. The van der Waals surface area contributed by atoms with E-state index in [1.165, 1.54) is 12.8 Å². The maximum absolute atomic E-state index is 5.89. The Balaban J connectivity index is 1.17. The van der Waals surface area contributed by atoms with E-state index in [0.29, 0.717) is 24.3 Å². The molecule has 0 spiro atoms. The molecule has 3 aromatic heterocycles. The molecular formula is C20H22N6O. The molecule has 1 aliphatic heterocycles. The highest BCUT2D eigenvalue weighted by Crippen LogP contribution is 2.38. The summed E-state index contributed by atoms with van der Waals surface area (Å²) >= 11 is 0. The lowest BCUT2D eigenvalue weighted by atomic mass is 9.97. The molecular weight excluding hydrogens is 340 g/mol. The van der Waals surface area contributed by atoms with E-state index in [4.69, 9.17) is 4.74 Å². The molecule has 0 amide bonds. The van der Waals surface area contributed by atoms with Crippen molar-refractivity contribution in [3.63, 3.8) is 0 Å². The number of piperidine rings is 1. The molecule has 0 aromatic carbocycles. The monoisotopic (exact) mass is 362 g/mol. The molecule has 4 heterocycles. The molecule has 0 atom stereocenters. The number of anilines is 1. The zero-order valence-electron chi connectivity index (χ0n) is 15.2. The number of nitrogens with zero attached hydrogens (tertiary/aromatic N) is 6. The van der Waals surface area contributed by atoms with Crippen LogP contribution in [0, 0.1) is 5.92 Å². The van der Waals surface area contributed by atoms with Crippen LogP contribution in [0.3, 0.4) is 0 Å². The lowest BCUT2D eigenvalue weighted by Crippen LogP contribution is -2.36. The largest absolute Gasteiger partial charge is 0.476 e. The van der Waals surface area contributed by atoms with Crippen LogP contribution >= 0.6 is 0 Å². The Hall–Kier alpha value is -2.83. The second-order valence-electron chi connectivity index (χ2n) is 7.40. The molecule has 1 saturated carbocycles. The van der Waals surface area contributed by atoms with Gasteiger partial charge in [0, 0.05) is 36.7 Å². The molecule has 0 unspecified atom stereocenters. The van der Waals surface area contributed by atoms with Crippen molar-refractivity contribution >= 4 is 16.7 Å². The quantitative estimate of drug-likeness (QED) is 0.690. The number of rotatable bonds is 5. The zero-order chi connectivity index (χ0) is 18.1. The Kier molecular flexibility index (Phi) is 4.27. The van der Waals surface area contributed by atoms with E-state index in [-0.39, 0.29) is 0 Å². The van der Waals surface area contributed by atoms with E-state index >= 15 is 0 Å². The zero-order valence-corrected chi connectivity index (χ0v) is 15.2. The number of pyridine rings is 1. The van der Waals surface area contributed by atoms with Crippen LogP contribution in [0.15, 0.2) is 36.9 Å². The fourth-order valence-corrected chi connectivity index (χ4v) is 3.66. The molecule has 5 rings (SSSR count). The summed E-state index contributed by atoms with van der Waals surface area (Å²) in [7, 11) is 0. The van der Waals surface area contributed by atoms with Gasteiger partial charge < -0.3 is 9.64 Å². The second kappa shape index (κ2) is 7.06. The van der Waals surface area contributed by atoms with Crippen molar-refractivity contribution < 1.29 is 4.74 Å². The predicted molar refractivity (Wildman–Crippen MR) is 102 cm³/mol. The number of fused-ring (bicyclic) bond motifs is 1. The summed E-state index contributed by atoms with van der Waals surface area (Å²) < 4.78 is 5.89. The summed E-state index contributed by atoms with van der Waals surface area (Å²) in [5.41, 5.74) is 1.99. The van der Waals surface area contributed by atoms with E-state index < -0.39 is 0 Å². The third kappa shape index (κ3) is 3.54. The van der Waals surface area contributed by atoms with Crippen LogP contribution in [0.5, 0.6) is 5.88 Å². The standard InChI is InChI=1S/C20H22N6O/c1-2-15(1)17-3-4-19(25-24-17)27-12-14-6-9-26(10-7-14)20-16-5-8-21-11-18(16)22-13-23-20/h3-5,8,11,13-15H,1-2,6-7,9-10,12H2. The second-order valence-corrected chi connectivity index (χ2v) is 7.40. The summed E-state index contributed by atoms with van der Waals surface area (Å²) in [6.45, 7) is 2.63. The van der Waals surface area contributed by atoms with Gasteiger partial charge in [-0.1, -0.05) is 0 Å². The lowest BCUT2D eigenvalue weighted by molar-refractivity contribution is 0.214. The van der Waals surface area contributed by atoms with Crippen molar-refractivity contribution in [2.24, 2.45) is 5.92 Å². The Labute approximate surface area is 157 Å². The third-order valence-electron chi connectivity index (χ3n) is 5.46. The normalized spacial score (nSPS) is 18.0. The van der Waals surface area contributed by atoms with Gasteiger partial charge in [-0.05, 0) is 43.7 Å². The van der Waals surface area contributed by atoms with E-state index in [9.17, 15) is 0 Å². The lowest BCUT2D eigenvalue weighted by Gasteiger charge is -2.33. The molecule has 1 saturated heterocycles. The van der Waals surface area contributed by atoms with E-state index in [1.807, 2.05) is 12.1 Å². The van der Waals surface area contributed by atoms with Crippen LogP contribution in [0.4, 0.5) is 5.82 Å². The summed E-state index contributed by atoms with van der Waals surface area (Å²) in [6.07, 6.45) is 9.84. The van der Waals surface area contributed by atoms with E-state index in [1.54, 1.807) is 18.7 Å². The molecule has 2 fully saturated rings. The number of ether oxygens (including phenoxy) is 1. The van der Waals surface area contributed by atoms with Crippen LogP contribution in [0.1, 0.15) is 37.3 Å². The average Bonchev–Trinajstić information content (AvgIpc) is 3.58. The number of aromatic nitrogens is 5. The van der Waals surface area contributed by atoms with E-state index in [2.05, 4.69) is 36.1 Å². The van der Waals surface area contributed by atoms with Gasteiger partial charge in [-0.3, -0.25) is 4.98 Å². The van der Waals surface area contributed by atoms with Gasteiger partial charge in [-0.2, -0.15) is 5.10 Å². The van der Waals surface area contributed by atoms with Crippen molar-refractivity contribution in [2.45, 2.75) is 31.6 Å². The highest BCUT2D eigenvalue weighted by Gasteiger charge is 2.25. The van der Waals surface area contributed by atoms with Crippen LogP contribution < -0.4 is 9.64 Å². The first-order chi connectivity index (χ1) is 13.4. The van der Waals surface area contributed by atoms with Crippen LogP contribution in [-0.4, -0.2) is 44.8 Å². The Morgan fingerprint density at radius 1 is 1.00 bits per heavy atom. The Morgan fingerprint density at radius 2 is 1.89 bits per heavy atom. The fraction of sp³-hybridized carbons (Fsp3) is 0.450. The van der Waals surface area contributed by atoms with Gasteiger partial charge >= 0.3 is 0 Å². The Morgan fingerprint density at radius 3 is 2.67 bits per heavy atom. The molecule has 7 heteroatoms. The maximum atomic E-state index is 5.89. The third-order valence-corrected chi connectivity index (χ3v) is 5.46. The van der Waals surface area contributed by atoms with Gasteiger partial charge in [0.05, 0.1) is 24.0 Å². The highest BCUT2D eigenvalue weighted by molar-refractivity contribution is 5.88. The summed E-state index contributed by atoms with van der Waals surface area (Å²) in [6, 6.07) is 6.00. The molecule has 0 radical (unpaired) electrons. The van der Waals surface area contributed by atoms with Crippen molar-refractivity contribution in [2.75, 3.05) is 24.6 Å². The van der Waals surface area contributed by atoms with Crippen molar-refractivity contribution in [1.82, 2.24) is 25.1 Å². The molecule has 7 nitrogen and oxygen atoms in total. The molecule has 0 N–H and O–H groups in total. The van der Waals surface area contributed by atoms with Gasteiger partial charge in [-0.25, -0.2) is 9.97 Å². The van der Waals surface area contributed by atoms with Gasteiger partial charge in [-0.15, -0.1) is 5.10 Å². The fourth-order valence-electron chi connectivity index (χ4n) is 3.66. The summed E-state index contributed by atoms with van der Waals surface area (Å²) in [5.74, 6) is 2.80. The Bertz CT molecular complexity index is 914. The van der Waals surface area contributed by atoms with Gasteiger partial charge in [0.15, 0.2) is 0 Å². The maximum Gasteiger partial charge on any atom is 0.233 e. The first-order valence-corrected chi connectivity index (χ1v) is 9.63. The van der Waals surface area contributed by atoms with Gasteiger partial charge in [0.25, 0.3) is 0 Å². The van der Waals surface area contributed by atoms with Gasteiger partial charge in [0.2, 0.25) is 5.88 Å². The number of hydrogen-bond acceptors (Lipinski definition) is 7. The first-order valence-electron chi connectivity index (χ1n) is 9.63. The van der Waals surface area contributed by atoms with Crippen molar-refractivity contribution in [1.29, 1.82) is 0 Å². The van der Waals surface area contributed by atoms with Gasteiger partial charge in [0.1, 0.15) is 12.1 Å². The molecule has 2 aliphatic rings. The predicted octanol–water partition coefficient (Wildman–Crippen LogP) is 2.99. The molecule has 0 bridgehead atoms. The molecule has 1 aliphatic carbocycles. The number of hydrogen-bond donors (Lipinski definition) is 0. The van der Waals surface area contributed by atoms with Crippen LogP contribution in [-0.2, 0) is 0 Å². The average molecular weight is 362 g/mol. The summed E-state index contributed by atoms with van der Waals surface area (Å²) in [4.78, 5) is 15.3. The minimum absolute atomic E-state index is 0.529. The van der Waals surface area contributed by atoms with Crippen molar-refractivity contribution in [3.05, 3.63) is 42.6 Å². The topological polar surface area (TPSA) is 76.9 Å². The molecule has 138 valence electrons. The van der Waals surface area contributed by atoms with Crippen LogP contribution in [0.25, 0.3) is 10.9 Å². The first kappa shape index (κ1) is 16.4. The minimum atomic E-state index is 0.529. The molecule has 3 aromatic rings. The molecule has 27 heavy (non-hydrogen) atoms. The smallest absolute Gasteiger partial charge is 0.233 e. The minimum Gasteiger partial charge on any atom is -0.476 e. The SMILES string of the molecule is c1cc2c(N3CCC(COc4ccc(C5CC5)nn4)CC3)ncnc2cn1.